The molecule has 1 aromatic heterocycles. The number of anilines is 1. The summed E-state index contributed by atoms with van der Waals surface area (Å²) >= 11 is 0. The summed E-state index contributed by atoms with van der Waals surface area (Å²) in [7, 11) is 0. The largest absolute Gasteiger partial charge is 0.367 e. The van der Waals surface area contributed by atoms with E-state index in [1.165, 1.54) is 0 Å². The Balaban J connectivity index is 2.02. The van der Waals surface area contributed by atoms with Crippen LogP contribution in [0.25, 0.3) is 0 Å². The lowest BCUT2D eigenvalue weighted by Crippen LogP contribution is -2.41. The predicted octanol–water partition coefficient (Wildman–Crippen LogP) is 0.733. The van der Waals surface area contributed by atoms with E-state index in [1.54, 1.807) is 18.3 Å². The molecule has 1 aromatic rings. The molecule has 92 valence electrons. The number of aromatic nitrogens is 1. The van der Waals surface area contributed by atoms with Gasteiger partial charge in [-0.2, -0.15) is 0 Å². The number of carbonyl (C=O) groups excluding carboxylic acids is 1. The molecule has 0 spiro atoms. The zero-order valence-electron chi connectivity index (χ0n) is 9.94. The van der Waals surface area contributed by atoms with Gasteiger partial charge in [-0.1, -0.05) is 0 Å². The number of piperidine rings is 1. The van der Waals surface area contributed by atoms with Crippen molar-refractivity contribution in [3.8, 4) is 0 Å². The number of nitrogens with two attached hydrogens (primary N) is 1. The topological polar surface area (TPSA) is 80.0 Å². The Morgan fingerprint density at radius 3 is 3.18 bits per heavy atom. The van der Waals surface area contributed by atoms with Crippen molar-refractivity contribution < 1.29 is 4.79 Å². The Bertz CT molecular complexity index is 407. The minimum absolute atomic E-state index is 0.405. The van der Waals surface area contributed by atoms with Gasteiger partial charge >= 0.3 is 0 Å². The van der Waals surface area contributed by atoms with Gasteiger partial charge in [0.2, 0.25) is 5.91 Å². The third-order valence-corrected chi connectivity index (χ3v) is 3.02. The minimum Gasteiger partial charge on any atom is -0.367 e. The molecule has 0 bridgehead atoms. The monoisotopic (exact) mass is 234 g/mol. The second kappa shape index (κ2) is 5.14. The quantitative estimate of drug-likeness (QED) is 0.720. The number of amides is 1. The van der Waals surface area contributed by atoms with E-state index < -0.39 is 5.91 Å². The van der Waals surface area contributed by atoms with Crippen molar-refractivity contribution in [3.05, 3.63) is 23.9 Å². The summed E-state index contributed by atoms with van der Waals surface area (Å²) in [6.07, 6.45) is 3.72. The second-order valence-corrected chi connectivity index (χ2v) is 4.51. The molecule has 17 heavy (non-hydrogen) atoms. The molecule has 1 aliphatic rings. The molecular weight excluding hydrogens is 216 g/mol. The number of hydrogen-bond donors (Lipinski definition) is 3. The van der Waals surface area contributed by atoms with E-state index in [0.29, 0.717) is 17.6 Å². The van der Waals surface area contributed by atoms with Gasteiger partial charge in [-0.25, -0.2) is 4.98 Å². The smallest absolute Gasteiger partial charge is 0.248 e. The molecule has 0 saturated carbocycles. The van der Waals surface area contributed by atoms with Crippen LogP contribution in [0.2, 0.25) is 0 Å². The maximum absolute atomic E-state index is 11.1. The van der Waals surface area contributed by atoms with Crippen LogP contribution < -0.4 is 16.4 Å². The molecule has 2 unspecified atom stereocenters. The third-order valence-electron chi connectivity index (χ3n) is 3.02. The lowest BCUT2D eigenvalue weighted by molar-refractivity contribution is 0.1000. The van der Waals surface area contributed by atoms with E-state index in [9.17, 15) is 4.79 Å². The average Bonchev–Trinajstić information content (AvgIpc) is 2.29. The van der Waals surface area contributed by atoms with Crippen LogP contribution in [0, 0.1) is 0 Å². The first-order valence-electron chi connectivity index (χ1n) is 5.91. The number of carbonyl (C=O) groups is 1. The number of pyridine rings is 1. The van der Waals surface area contributed by atoms with E-state index in [2.05, 4.69) is 22.5 Å². The van der Waals surface area contributed by atoms with Crippen molar-refractivity contribution in [1.82, 2.24) is 10.3 Å². The van der Waals surface area contributed by atoms with Gasteiger partial charge < -0.3 is 16.4 Å². The van der Waals surface area contributed by atoms with Crippen molar-refractivity contribution >= 4 is 11.7 Å². The number of nitrogens with zero attached hydrogens (tertiary/aromatic N) is 1. The molecule has 2 rings (SSSR count). The highest BCUT2D eigenvalue weighted by atomic mass is 16.1. The Morgan fingerprint density at radius 2 is 2.47 bits per heavy atom. The molecule has 4 N–H and O–H groups in total. The summed E-state index contributed by atoms with van der Waals surface area (Å²) in [4.78, 5) is 15.3. The van der Waals surface area contributed by atoms with Crippen LogP contribution in [-0.4, -0.2) is 29.5 Å². The van der Waals surface area contributed by atoms with Crippen molar-refractivity contribution in [2.75, 3.05) is 11.9 Å². The lowest BCUT2D eigenvalue weighted by atomic mass is 10.0. The summed E-state index contributed by atoms with van der Waals surface area (Å²) in [5.41, 5.74) is 5.72. The molecule has 0 radical (unpaired) electrons. The molecule has 2 atom stereocenters. The van der Waals surface area contributed by atoms with Gasteiger partial charge in [0.15, 0.2) is 0 Å². The summed E-state index contributed by atoms with van der Waals surface area (Å²) < 4.78 is 0. The number of hydrogen-bond acceptors (Lipinski definition) is 4. The van der Waals surface area contributed by atoms with Crippen molar-refractivity contribution in [2.24, 2.45) is 5.73 Å². The number of rotatable bonds is 3. The SMILES string of the molecule is CC1CC(Nc2cc(C(N)=O)ccn2)CCN1. The zero-order valence-corrected chi connectivity index (χ0v) is 9.94. The first-order valence-corrected chi connectivity index (χ1v) is 5.91. The van der Waals surface area contributed by atoms with Crippen LogP contribution in [0.5, 0.6) is 0 Å². The first-order chi connectivity index (χ1) is 8.15. The van der Waals surface area contributed by atoms with Gasteiger partial charge in [-0.15, -0.1) is 0 Å². The highest BCUT2D eigenvalue weighted by Gasteiger charge is 2.18. The van der Waals surface area contributed by atoms with Crippen LogP contribution in [0.15, 0.2) is 18.3 Å². The van der Waals surface area contributed by atoms with Gasteiger partial charge in [-0.05, 0) is 38.4 Å². The first kappa shape index (κ1) is 11.9. The normalized spacial score (nSPS) is 24.3. The minimum atomic E-state index is -0.422. The fourth-order valence-corrected chi connectivity index (χ4v) is 2.13. The number of nitrogens with one attached hydrogen (secondary N) is 2. The standard InChI is InChI=1S/C12H18N4O/c1-8-6-10(3-5-14-8)16-11-7-9(12(13)17)2-4-15-11/h2,4,7-8,10,14H,3,5-6H2,1H3,(H2,13,17)(H,15,16). The Morgan fingerprint density at radius 1 is 1.65 bits per heavy atom. The summed E-state index contributed by atoms with van der Waals surface area (Å²) in [6.45, 7) is 3.18. The molecule has 1 aliphatic heterocycles. The van der Waals surface area contributed by atoms with Gasteiger partial charge in [0.1, 0.15) is 5.82 Å². The average molecular weight is 234 g/mol. The molecule has 1 saturated heterocycles. The van der Waals surface area contributed by atoms with Gasteiger partial charge in [0.05, 0.1) is 0 Å². The van der Waals surface area contributed by atoms with Crippen molar-refractivity contribution in [1.29, 1.82) is 0 Å². The Hall–Kier alpha value is -1.62. The van der Waals surface area contributed by atoms with Crippen LogP contribution in [0.1, 0.15) is 30.1 Å². The maximum atomic E-state index is 11.1. The van der Waals surface area contributed by atoms with Crippen molar-refractivity contribution in [2.45, 2.75) is 31.8 Å². The Kier molecular flexibility index (Phi) is 3.58. The van der Waals surface area contributed by atoms with Gasteiger partial charge in [0.25, 0.3) is 0 Å². The van der Waals surface area contributed by atoms with E-state index in [0.717, 1.165) is 25.2 Å². The van der Waals surface area contributed by atoms with Crippen LogP contribution in [0.4, 0.5) is 5.82 Å². The molecule has 1 fully saturated rings. The number of primary amides is 1. The molecule has 0 aliphatic carbocycles. The molecule has 2 heterocycles. The van der Waals surface area contributed by atoms with E-state index >= 15 is 0 Å². The molecule has 5 heteroatoms. The van der Waals surface area contributed by atoms with E-state index in [-0.39, 0.29) is 0 Å². The van der Waals surface area contributed by atoms with Gasteiger partial charge in [0, 0.05) is 23.8 Å². The second-order valence-electron chi connectivity index (χ2n) is 4.51. The predicted molar refractivity (Wildman–Crippen MR) is 66.9 cm³/mol. The fourth-order valence-electron chi connectivity index (χ4n) is 2.13. The zero-order chi connectivity index (χ0) is 12.3. The highest BCUT2D eigenvalue weighted by Crippen LogP contribution is 2.14. The maximum Gasteiger partial charge on any atom is 0.248 e. The molecule has 0 aromatic carbocycles. The molecular formula is C12H18N4O. The van der Waals surface area contributed by atoms with Crippen LogP contribution in [-0.2, 0) is 0 Å². The molecule has 5 nitrogen and oxygen atoms in total. The lowest BCUT2D eigenvalue weighted by Gasteiger charge is -2.29. The highest BCUT2D eigenvalue weighted by molar-refractivity contribution is 5.93. The van der Waals surface area contributed by atoms with Crippen LogP contribution >= 0.6 is 0 Å². The Labute approximate surface area is 101 Å². The van der Waals surface area contributed by atoms with Gasteiger partial charge in [-0.3, -0.25) is 4.79 Å². The van der Waals surface area contributed by atoms with E-state index in [4.69, 9.17) is 5.73 Å². The summed E-state index contributed by atoms with van der Waals surface area (Å²) in [5.74, 6) is 0.300. The van der Waals surface area contributed by atoms with Crippen LogP contribution in [0.3, 0.4) is 0 Å². The molecule has 1 amide bonds. The van der Waals surface area contributed by atoms with E-state index in [1.807, 2.05) is 0 Å². The third kappa shape index (κ3) is 3.17. The van der Waals surface area contributed by atoms with Crippen molar-refractivity contribution in [3.63, 3.8) is 0 Å². The summed E-state index contributed by atoms with van der Waals surface area (Å²) in [5, 5.41) is 6.74. The summed E-state index contributed by atoms with van der Waals surface area (Å²) in [6, 6.07) is 4.25. The fraction of sp³-hybridized carbons (Fsp3) is 0.500.